The minimum Gasteiger partial charge on any atom is -0.493 e. The molecule has 26 heavy (non-hydrogen) atoms. The van der Waals surface area contributed by atoms with E-state index in [0.717, 1.165) is 31.2 Å². The Bertz CT molecular complexity index is 597. The molecule has 1 saturated carbocycles. The molecule has 0 unspecified atom stereocenters. The van der Waals surface area contributed by atoms with Crippen molar-refractivity contribution in [2.24, 2.45) is 5.92 Å². The molecule has 2 N–H and O–H groups in total. The standard InChI is InChI=1S/C20H30N2O4/c1-25-17-10-8-15(14-18(17)26-2)9-11-19(23)21-12-13-22-20(24)16-6-4-3-5-7-16/h8,10,14,16H,3-7,9,11-13H2,1-2H3,(H,21,23)(H,22,24). The van der Waals surface area contributed by atoms with Gasteiger partial charge in [-0.2, -0.15) is 0 Å². The molecule has 1 aromatic carbocycles. The minimum absolute atomic E-state index is 0.0216. The van der Waals surface area contributed by atoms with Gasteiger partial charge in [-0.25, -0.2) is 0 Å². The Kier molecular flexibility index (Phi) is 8.25. The van der Waals surface area contributed by atoms with Gasteiger partial charge in [0.2, 0.25) is 11.8 Å². The fourth-order valence-corrected chi connectivity index (χ4v) is 3.28. The van der Waals surface area contributed by atoms with E-state index < -0.39 is 0 Å². The van der Waals surface area contributed by atoms with Crippen LogP contribution in [0.4, 0.5) is 0 Å². The molecule has 2 rings (SSSR count). The first-order valence-electron chi connectivity index (χ1n) is 9.39. The van der Waals surface area contributed by atoms with E-state index in [9.17, 15) is 9.59 Å². The Balaban J connectivity index is 1.63. The van der Waals surface area contributed by atoms with Crippen molar-refractivity contribution in [1.82, 2.24) is 10.6 Å². The molecule has 1 fully saturated rings. The van der Waals surface area contributed by atoms with E-state index in [4.69, 9.17) is 9.47 Å². The molecule has 0 radical (unpaired) electrons. The monoisotopic (exact) mass is 362 g/mol. The molecular weight excluding hydrogens is 332 g/mol. The molecule has 0 aliphatic heterocycles. The lowest BCUT2D eigenvalue weighted by Crippen LogP contribution is -2.38. The van der Waals surface area contributed by atoms with Crippen molar-refractivity contribution < 1.29 is 19.1 Å². The zero-order valence-electron chi connectivity index (χ0n) is 15.8. The van der Waals surface area contributed by atoms with Gasteiger partial charge in [-0.3, -0.25) is 9.59 Å². The van der Waals surface area contributed by atoms with Gasteiger partial charge in [-0.1, -0.05) is 25.3 Å². The summed E-state index contributed by atoms with van der Waals surface area (Å²) in [5.41, 5.74) is 1.02. The fourth-order valence-electron chi connectivity index (χ4n) is 3.28. The topological polar surface area (TPSA) is 76.7 Å². The zero-order chi connectivity index (χ0) is 18.8. The lowest BCUT2D eigenvalue weighted by molar-refractivity contribution is -0.126. The molecule has 2 amide bonds. The highest BCUT2D eigenvalue weighted by atomic mass is 16.5. The van der Waals surface area contributed by atoms with Crippen LogP contribution in [0.1, 0.15) is 44.1 Å². The molecular formula is C20H30N2O4. The minimum atomic E-state index is -0.0216. The van der Waals surface area contributed by atoms with Crippen molar-refractivity contribution >= 4 is 11.8 Å². The number of hydrogen-bond donors (Lipinski definition) is 2. The van der Waals surface area contributed by atoms with E-state index in [-0.39, 0.29) is 17.7 Å². The van der Waals surface area contributed by atoms with Gasteiger partial charge in [0, 0.05) is 25.4 Å². The molecule has 144 valence electrons. The molecule has 0 atom stereocenters. The van der Waals surface area contributed by atoms with E-state index in [1.54, 1.807) is 14.2 Å². The van der Waals surface area contributed by atoms with Crippen LogP contribution in [0.15, 0.2) is 18.2 Å². The largest absolute Gasteiger partial charge is 0.493 e. The van der Waals surface area contributed by atoms with E-state index >= 15 is 0 Å². The summed E-state index contributed by atoms with van der Waals surface area (Å²) in [5, 5.41) is 5.78. The van der Waals surface area contributed by atoms with Crippen LogP contribution in [-0.4, -0.2) is 39.1 Å². The van der Waals surface area contributed by atoms with Crippen molar-refractivity contribution in [1.29, 1.82) is 0 Å². The predicted octanol–water partition coefficient (Wildman–Crippen LogP) is 2.45. The Hall–Kier alpha value is -2.24. The van der Waals surface area contributed by atoms with Crippen LogP contribution in [0.3, 0.4) is 0 Å². The third-order valence-corrected chi connectivity index (χ3v) is 4.81. The fraction of sp³-hybridized carbons (Fsp3) is 0.600. The Morgan fingerprint density at radius 1 is 1.00 bits per heavy atom. The zero-order valence-corrected chi connectivity index (χ0v) is 15.8. The maximum atomic E-state index is 12.0. The average Bonchev–Trinajstić information content (AvgIpc) is 2.69. The molecule has 6 heteroatoms. The van der Waals surface area contributed by atoms with Gasteiger partial charge in [-0.15, -0.1) is 0 Å². The number of benzene rings is 1. The summed E-state index contributed by atoms with van der Waals surface area (Å²) in [6.45, 7) is 0.945. The van der Waals surface area contributed by atoms with Gasteiger partial charge in [0.1, 0.15) is 0 Å². The van der Waals surface area contributed by atoms with E-state index in [0.29, 0.717) is 37.4 Å². The van der Waals surface area contributed by atoms with Crippen LogP contribution < -0.4 is 20.1 Å². The molecule has 1 aromatic rings. The van der Waals surface area contributed by atoms with Crippen LogP contribution in [0.2, 0.25) is 0 Å². The van der Waals surface area contributed by atoms with Crippen LogP contribution in [0.25, 0.3) is 0 Å². The summed E-state index contributed by atoms with van der Waals surface area (Å²) in [7, 11) is 3.19. The summed E-state index contributed by atoms with van der Waals surface area (Å²) >= 11 is 0. The maximum absolute atomic E-state index is 12.0. The van der Waals surface area contributed by atoms with E-state index in [1.165, 1.54) is 6.42 Å². The molecule has 0 bridgehead atoms. The van der Waals surface area contributed by atoms with Gasteiger partial charge in [0.05, 0.1) is 14.2 Å². The second-order valence-corrected chi connectivity index (χ2v) is 6.67. The third kappa shape index (κ3) is 6.24. The number of carbonyl (C=O) groups excluding carboxylic acids is 2. The first kappa shape index (κ1) is 20.1. The van der Waals surface area contributed by atoms with Crippen LogP contribution in [0, 0.1) is 5.92 Å². The summed E-state index contributed by atoms with van der Waals surface area (Å²) in [6, 6.07) is 5.66. The first-order valence-corrected chi connectivity index (χ1v) is 9.39. The van der Waals surface area contributed by atoms with E-state index in [1.807, 2.05) is 18.2 Å². The molecule has 0 saturated heterocycles. The van der Waals surface area contributed by atoms with Gasteiger partial charge in [-0.05, 0) is 37.0 Å². The number of methoxy groups -OCH3 is 2. The van der Waals surface area contributed by atoms with Gasteiger partial charge < -0.3 is 20.1 Å². The number of amides is 2. The number of ether oxygens (including phenoxy) is 2. The Labute approximate surface area is 155 Å². The number of aryl methyl sites for hydroxylation is 1. The normalized spacial score (nSPS) is 14.5. The number of hydrogen-bond acceptors (Lipinski definition) is 4. The highest BCUT2D eigenvalue weighted by molar-refractivity contribution is 5.79. The van der Waals surface area contributed by atoms with Crippen LogP contribution in [-0.2, 0) is 16.0 Å². The van der Waals surface area contributed by atoms with Crippen molar-refractivity contribution in [3.8, 4) is 11.5 Å². The number of nitrogens with one attached hydrogen (secondary N) is 2. The summed E-state index contributed by atoms with van der Waals surface area (Å²) in [4.78, 5) is 24.0. The highest BCUT2D eigenvalue weighted by Crippen LogP contribution is 2.28. The molecule has 0 heterocycles. The van der Waals surface area contributed by atoms with Crippen LogP contribution >= 0.6 is 0 Å². The number of rotatable bonds is 9. The van der Waals surface area contributed by atoms with Crippen molar-refractivity contribution in [2.75, 3.05) is 27.3 Å². The second-order valence-electron chi connectivity index (χ2n) is 6.67. The average molecular weight is 362 g/mol. The lowest BCUT2D eigenvalue weighted by Gasteiger charge is -2.20. The Morgan fingerprint density at radius 3 is 2.38 bits per heavy atom. The van der Waals surface area contributed by atoms with Crippen molar-refractivity contribution in [2.45, 2.75) is 44.9 Å². The predicted molar refractivity (Wildman–Crippen MR) is 100 cm³/mol. The maximum Gasteiger partial charge on any atom is 0.223 e. The molecule has 0 spiro atoms. The molecule has 1 aliphatic rings. The third-order valence-electron chi connectivity index (χ3n) is 4.81. The highest BCUT2D eigenvalue weighted by Gasteiger charge is 2.20. The molecule has 0 aromatic heterocycles. The molecule has 1 aliphatic carbocycles. The lowest BCUT2D eigenvalue weighted by atomic mass is 9.89. The summed E-state index contributed by atoms with van der Waals surface area (Å²) < 4.78 is 10.5. The van der Waals surface area contributed by atoms with E-state index in [2.05, 4.69) is 10.6 Å². The van der Waals surface area contributed by atoms with Crippen molar-refractivity contribution in [3.05, 3.63) is 23.8 Å². The number of carbonyl (C=O) groups is 2. The SMILES string of the molecule is COc1ccc(CCC(=O)NCCNC(=O)C2CCCCC2)cc1OC. The Morgan fingerprint density at radius 2 is 1.69 bits per heavy atom. The van der Waals surface area contributed by atoms with Crippen molar-refractivity contribution in [3.63, 3.8) is 0 Å². The second kappa shape index (κ2) is 10.7. The quantitative estimate of drug-likeness (QED) is 0.662. The van der Waals surface area contributed by atoms with Crippen LogP contribution in [0.5, 0.6) is 11.5 Å². The molecule has 6 nitrogen and oxygen atoms in total. The van der Waals surface area contributed by atoms with Gasteiger partial charge in [0.25, 0.3) is 0 Å². The summed E-state index contributed by atoms with van der Waals surface area (Å²) in [5.74, 6) is 1.60. The first-order chi connectivity index (χ1) is 12.6. The van der Waals surface area contributed by atoms with Gasteiger partial charge >= 0.3 is 0 Å². The van der Waals surface area contributed by atoms with Gasteiger partial charge in [0.15, 0.2) is 11.5 Å². The summed E-state index contributed by atoms with van der Waals surface area (Å²) in [6.07, 6.45) is 6.52. The smallest absolute Gasteiger partial charge is 0.223 e.